The van der Waals surface area contributed by atoms with Crippen molar-refractivity contribution in [1.29, 1.82) is 0 Å². The molecule has 5 atom stereocenters. The predicted molar refractivity (Wildman–Crippen MR) is 185 cm³/mol. The second-order valence-corrected chi connectivity index (χ2v) is 16.2. The fourth-order valence-electron chi connectivity index (χ4n) is 6.28. The Morgan fingerprint density at radius 2 is 1.84 bits per heavy atom. The van der Waals surface area contributed by atoms with E-state index in [1.54, 1.807) is 7.11 Å². The Labute approximate surface area is 286 Å². The summed E-state index contributed by atoms with van der Waals surface area (Å²) in [5.74, 6) is -1.17. The maximum absolute atomic E-state index is 14.1. The summed E-state index contributed by atoms with van der Waals surface area (Å²) in [6, 6.07) is 15.0. The third kappa shape index (κ3) is 6.86. The number of sulfonamides is 1. The molecule has 49 heavy (non-hydrogen) atoms. The number of nitrogens with zero attached hydrogens (tertiary/aromatic N) is 2. The van der Waals surface area contributed by atoms with Crippen molar-refractivity contribution >= 4 is 38.6 Å². The number of aromatic nitrogens is 1. The number of likely N-dealkylation sites (tertiary alicyclic amines) is 1. The first-order chi connectivity index (χ1) is 23.2. The molecule has 12 nitrogen and oxygen atoms in total. The molecule has 2 saturated carbocycles. The average molecular weight is 690 g/mol. The summed E-state index contributed by atoms with van der Waals surface area (Å²) in [5, 5.41) is 2.92. The number of ether oxygens (including phenoxy) is 2. The standard InChI is InChI=1S/C36H43N5O7S/c1-6-22-19-36(22,34(44)40-49(45,46)25-13-14-25)39-32(42)29-17-24(20-41(29)33(43)31(37)35(2,3)4)48-30-18-27(21-10-8-7-9-11-21)38-28-16-23(47-5)12-15-26(28)30/h6-12,15-16,18,22,24-25,29,31H,1,13-14,17,19-20,37H2,2-5H3,(H,39,42)(H,40,44)/t22-,24-,29+,31-,36-/m1/s1. The lowest BCUT2D eigenvalue weighted by atomic mass is 9.86. The third-order valence-electron chi connectivity index (χ3n) is 9.64. The molecule has 0 bridgehead atoms. The Kier molecular flexibility index (Phi) is 8.95. The number of hydrogen-bond donors (Lipinski definition) is 3. The second-order valence-electron chi connectivity index (χ2n) is 14.3. The molecule has 260 valence electrons. The first kappa shape index (κ1) is 34.4. The van der Waals surface area contributed by atoms with Crippen molar-refractivity contribution in [3.63, 3.8) is 0 Å². The zero-order chi connectivity index (χ0) is 35.3. The van der Waals surface area contributed by atoms with Crippen molar-refractivity contribution in [3.05, 3.63) is 67.3 Å². The van der Waals surface area contributed by atoms with Gasteiger partial charge < -0.3 is 25.4 Å². The van der Waals surface area contributed by atoms with Gasteiger partial charge in [0.25, 0.3) is 5.91 Å². The zero-order valence-corrected chi connectivity index (χ0v) is 29.0. The van der Waals surface area contributed by atoms with Crippen LogP contribution in [-0.4, -0.2) is 78.7 Å². The van der Waals surface area contributed by atoms with Gasteiger partial charge in [-0.1, -0.05) is 57.2 Å². The highest BCUT2D eigenvalue weighted by Gasteiger charge is 2.62. The maximum atomic E-state index is 14.1. The van der Waals surface area contributed by atoms with Crippen LogP contribution in [-0.2, 0) is 24.4 Å². The van der Waals surface area contributed by atoms with E-state index < -0.39 is 68.1 Å². The van der Waals surface area contributed by atoms with Crippen LogP contribution in [0.1, 0.15) is 46.5 Å². The van der Waals surface area contributed by atoms with Crippen molar-refractivity contribution < 1.29 is 32.3 Å². The van der Waals surface area contributed by atoms with Crippen molar-refractivity contribution in [1.82, 2.24) is 19.9 Å². The number of pyridine rings is 1. The molecular formula is C36H43N5O7S. The van der Waals surface area contributed by atoms with Crippen LogP contribution in [0.5, 0.6) is 11.5 Å². The van der Waals surface area contributed by atoms with Crippen LogP contribution in [0.2, 0.25) is 0 Å². The molecule has 0 radical (unpaired) electrons. The highest BCUT2D eigenvalue weighted by atomic mass is 32.2. The number of methoxy groups -OCH3 is 1. The van der Waals surface area contributed by atoms with E-state index >= 15 is 0 Å². The number of fused-ring (bicyclic) bond motifs is 1. The van der Waals surface area contributed by atoms with Gasteiger partial charge in [0.2, 0.25) is 21.8 Å². The van der Waals surface area contributed by atoms with Gasteiger partial charge in [-0.3, -0.25) is 19.1 Å². The summed E-state index contributed by atoms with van der Waals surface area (Å²) in [5.41, 5.74) is 6.52. The van der Waals surface area contributed by atoms with E-state index in [1.807, 2.05) is 75.4 Å². The number of hydrogen-bond acceptors (Lipinski definition) is 9. The molecule has 13 heteroatoms. The molecule has 3 amide bonds. The Balaban J connectivity index is 1.31. The molecule has 2 aliphatic carbocycles. The fourth-order valence-corrected chi connectivity index (χ4v) is 7.64. The van der Waals surface area contributed by atoms with Crippen molar-refractivity contribution in [2.24, 2.45) is 17.1 Å². The van der Waals surface area contributed by atoms with Gasteiger partial charge in [0.05, 0.1) is 36.2 Å². The van der Waals surface area contributed by atoms with Crippen LogP contribution in [0, 0.1) is 11.3 Å². The van der Waals surface area contributed by atoms with Gasteiger partial charge in [-0.15, -0.1) is 6.58 Å². The number of nitrogens with two attached hydrogens (primary N) is 1. The van der Waals surface area contributed by atoms with E-state index in [2.05, 4.69) is 16.6 Å². The van der Waals surface area contributed by atoms with Gasteiger partial charge in [0.15, 0.2) is 0 Å². The van der Waals surface area contributed by atoms with Gasteiger partial charge in [-0.2, -0.15) is 0 Å². The lowest BCUT2D eigenvalue weighted by Crippen LogP contribution is -2.59. The molecular weight excluding hydrogens is 646 g/mol. The van der Waals surface area contributed by atoms with Crippen LogP contribution in [0.3, 0.4) is 0 Å². The van der Waals surface area contributed by atoms with Crippen LogP contribution in [0.4, 0.5) is 0 Å². The molecule has 1 aromatic heterocycles. The van der Waals surface area contributed by atoms with E-state index in [4.69, 9.17) is 20.2 Å². The summed E-state index contributed by atoms with van der Waals surface area (Å²) in [6.45, 7) is 9.36. The summed E-state index contributed by atoms with van der Waals surface area (Å²) in [7, 11) is -2.28. The highest BCUT2D eigenvalue weighted by Crippen LogP contribution is 2.45. The lowest BCUT2D eigenvalue weighted by molar-refractivity contribution is -0.142. The summed E-state index contributed by atoms with van der Waals surface area (Å²) < 4.78 is 39.5. The van der Waals surface area contributed by atoms with Crippen LogP contribution in [0.15, 0.2) is 67.3 Å². The molecule has 2 heterocycles. The fraction of sp³-hybridized carbons (Fsp3) is 0.444. The number of rotatable bonds is 11. The summed E-state index contributed by atoms with van der Waals surface area (Å²) >= 11 is 0. The highest BCUT2D eigenvalue weighted by molar-refractivity contribution is 7.91. The van der Waals surface area contributed by atoms with E-state index in [1.165, 1.54) is 11.0 Å². The van der Waals surface area contributed by atoms with Crippen molar-refractivity contribution in [2.45, 2.75) is 75.4 Å². The molecule has 6 rings (SSSR count). The smallest absolute Gasteiger partial charge is 0.259 e. The first-order valence-corrected chi connectivity index (χ1v) is 18.0. The molecule has 4 N–H and O–H groups in total. The molecule has 0 spiro atoms. The number of carbonyl (C=O) groups is 3. The third-order valence-corrected chi connectivity index (χ3v) is 11.5. The molecule has 0 unspecified atom stereocenters. The lowest BCUT2D eigenvalue weighted by Gasteiger charge is -2.33. The minimum atomic E-state index is -3.86. The molecule has 1 aliphatic heterocycles. The minimum Gasteiger partial charge on any atom is -0.497 e. The van der Waals surface area contributed by atoms with E-state index in [-0.39, 0.29) is 19.4 Å². The monoisotopic (exact) mass is 689 g/mol. The topological polar surface area (TPSA) is 170 Å². The minimum absolute atomic E-state index is 0.0570. The largest absolute Gasteiger partial charge is 0.497 e. The van der Waals surface area contributed by atoms with E-state index in [0.29, 0.717) is 35.6 Å². The quantitative estimate of drug-likeness (QED) is 0.256. The van der Waals surface area contributed by atoms with Crippen LogP contribution >= 0.6 is 0 Å². The van der Waals surface area contributed by atoms with Crippen LogP contribution in [0.25, 0.3) is 22.2 Å². The average Bonchev–Trinajstić information content (AvgIpc) is 4.00. The van der Waals surface area contributed by atoms with Crippen molar-refractivity contribution in [3.8, 4) is 22.8 Å². The second kappa shape index (κ2) is 12.8. The predicted octanol–water partition coefficient (Wildman–Crippen LogP) is 3.30. The van der Waals surface area contributed by atoms with E-state index in [0.717, 1.165) is 10.9 Å². The van der Waals surface area contributed by atoms with Gasteiger partial charge in [0.1, 0.15) is 29.2 Å². The Morgan fingerprint density at radius 1 is 1.12 bits per heavy atom. The van der Waals surface area contributed by atoms with Crippen LogP contribution < -0.4 is 25.2 Å². The number of amides is 3. The SMILES string of the molecule is C=C[C@@H]1C[C@]1(NC(=O)[C@@H]1C[C@@H](Oc2cc(-c3ccccc3)nc3cc(OC)ccc23)CN1C(=O)[C@@H](N)C(C)(C)C)C(=O)NS(=O)(=O)C1CC1. The Hall–Kier alpha value is -4.49. The van der Waals surface area contributed by atoms with E-state index in [9.17, 15) is 22.8 Å². The first-order valence-electron chi connectivity index (χ1n) is 16.4. The Morgan fingerprint density at radius 3 is 2.45 bits per heavy atom. The number of benzene rings is 2. The molecule has 1 saturated heterocycles. The summed E-state index contributed by atoms with van der Waals surface area (Å²) in [4.78, 5) is 47.6. The number of nitrogens with one attached hydrogen (secondary N) is 2. The van der Waals surface area contributed by atoms with Crippen molar-refractivity contribution in [2.75, 3.05) is 13.7 Å². The van der Waals surface area contributed by atoms with Gasteiger partial charge in [-0.25, -0.2) is 13.4 Å². The molecule has 3 aromatic rings. The summed E-state index contributed by atoms with van der Waals surface area (Å²) in [6.07, 6.45) is 2.15. The van der Waals surface area contributed by atoms with Gasteiger partial charge in [0, 0.05) is 35.4 Å². The normalized spacial score (nSPS) is 24.2. The maximum Gasteiger partial charge on any atom is 0.259 e. The molecule has 3 aliphatic rings. The molecule has 3 fully saturated rings. The molecule has 2 aromatic carbocycles. The Bertz CT molecular complexity index is 1910. The zero-order valence-electron chi connectivity index (χ0n) is 28.1. The number of carbonyl (C=O) groups excluding carboxylic acids is 3. The van der Waals surface area contributed by atoms with Gasteiger partial charge in [-0.05, 0) is 36.8 Å². The van der Waals surface area contributed by atoms with Gasteiger partial charge >= 0.3 is 0 Å².